The standard InChI is InChI=1S/C17H32OSi2/c1-17(18-20(5,6)7,14-11-15-19(2,3)4)16-12-9-8-10-13-16/h8-10,12-13H,11,14-15H2,1-7H3. The molecule has 1 rings (SSSR count). The highest BCUT2D eigenvalue weighted by atomic mass is 28.4. The van der Waals surface area contributed by atoms with E-state index in [2.05, 4.69) is 76.5 Å². The average molecular weight is 309 g/mol. The van der Waals surface area contributed by atoms with Crippen molar-refractivity contribution in [1.29, 1.82) is 0 Å². The van der Waals surface area contributed by atoms with Crippen LogP contribution < -0.4 is 0 Å². The van der Waals surface area contributed by atoms with Crippen LogP contribution in [0, 0.1) is 0 Å². The molecule has 0 fully saturated rings. The van der Waals surface area contributed by atoms with Crippen LogP contribution in [0.2, 0.25) is 45.3 Å². The molecule has 1 unspecified atom stereocenters. The molecule has 1 nitrogen and oxygen atoms in total. The molecule has 0 radical (unpaired) electrons. The molecule has 0 aliphatic heterocycles. The van der Waals surface area contributed by atoms with Crippen molar-refractivity contribution in [2.75, 3.05) is 0 Å². The molecule has 0 bridgehead atoms. The van der Waals surface area contributed by atoms with Crippen LogP contribution in [0.3, 0.4) is 0 Å². The van der Waals surface area contributed by atoms with E-state index in [1.165, 1.54) is 18.0 Å². The van der Waals surface area contributed by atoms with Crippen LogP contribution in [0.25, 0.3) is 0 Å². The third-order valence-electron chi connectivity index (χ3n) is 3.50. The van der Waals surface area contributed by atoms with Gasteiger partial charge in [-0.05, 0) is 38.5 Å². The molecule has 0 aliphatic carbocycles. The number of hydrogen-bond acceptors (Lipinski definition) is 1. The molecule has 1 atom stereocenters. The van der Waals surface area contributed by atoms with Crippen molar-refractivity contribution < 1.29 is 4.43 Å². The average Bonchev–Trinajstić information content (AvgIpc) is 2.26. The van der Waals surface area contributed by atoms with Gasteiger partial charge in [-0.1, -0.05) is 62.4 Å². The zero-order chi connectivity index (χ0) is 15.4. The Morgan fingerprint density at radius 2 is 1.50 bits per heavy atom. The van der Waals surface area contributed by atoms with E-state index >= 15 is 0 Å². The van der Waals surface area contributed by atoms with Crippen molar-refractivity contribution in [2.24, 2.45) is 0 Å². The molecular formula is C17H32OSi2. The molecule has 0 spiro atoms. The van der Waals surface area contributed by atoms with E-state index in [1.807, 2.05) is 0 Å². The molecule has 0 saturated carbocycles. The van der Waals surface area contributed by atoms with Gasteiger partial charge in [0.15, 0.2) is 8.32 Å². The monoisotopic (exact) mass is 308 g/mol. The molecule has 1 aromatic rings. The third-order valence-corrected chi connectivity index (χ3v) is 6.41. The summed E-state index contributed by atoms with van der Waals surface area (Å²) in [5, 5.41) is 0. The zero-order valence-corrected chi connectivity index (χ0v) is 16.4. The first kappa shape index (κ1) is 17.7. The fourth-order valence-electron chi connectivity index (χ4n) is 2.68. The number of benzene rings is 1. The molecule has 114 valence electrons. The highest BCUT2D eigenvalue weighted by molar-refractivity contribution is 6.76. The van der Waals surface area contributed by atoms with Gasteiger partial charge in [0.05, 0.1) is 5.60 Å². The molecule has 0 aliphatic rings. The van der Waals surface area contributed by atoms with Gasteiger partial charge in [0.2, 0.25) is 0 Å². The summed E-state index contributed by atoms with van der Waals surface area (Å²) in [6.07, 6.45) is 2.40. The minimum absolute atomic E-state index is 0.120. The van der Waals surface area contributed by atoms with Gasteiger partial charge in [0.25, 0.3) is 0 Å². The van der Waals surface area contributed by atoms with Crippen molar-refractivity contribution in [2.45, 2.75) is 70.7 Å². The van der Waals surface area contributed by atoms with E-state index in [1.54, 1.807) is 0 Å². The van der Waals surface area contributed by atoms with E-state index in [-0.39, 0.29) is 5.60 Å². The van der Waals surface area contributed by atoms with Crippen LogP contribution >= 0.6 is 0 Å². The Balaban J connectivity index is 2.85. The smallest absolute Gasteiger partial charge is 0.184 e. The van der Waals surface area contributed by atoms with Crippen molar-refractivity contribution in [3.8, 4) is 0 Å². The van der Waals surface area contributed by atoms with Crippen molar-refractivity contribution in [1.82, 2.24) is 0 Å². The first-order chi connectivity index (χ1) is 9.02. The quantitative estimate of drug-likeness (QED) is 0.572. The Morgan fingerprint density at radius 3 is 1.95 bits per heavy atom. The van der Waals surface area contributed by atoms with Gasteiger partial charge in [-0.25, -0.2) is 0 Å². The van der Waals surface area contributed by atoms with Crippen molar-refractivity contribution in [3.63, 3.8) is 0 Å². The third kappa shape index (κ3) is 6.38. The Morgan fingerprint density at radius 1 is 0.950 bits per heavy atom. The Hall–Kier alpha value is -0.386. The predicted octanol–water partition coefficient (Wildman–Crippen LogP) is 5.87. The van der Waals surface area contributed by atoms with Gasteiger partial charge in [-0.15, -0.1) is 0 Å². The first-order valence-corrected chi connectivity index (χ1v) is 14.9. The van der Waals surface area contributed by atoms with E-state index < -0.39 is 16.4 Å². The molecule has 1 aromatic carbocycles. The normalized spacial score (nSPS) is 15.9. The van der Waals surface area contributed by atoms with Gasteiger partial charge in [-0.2, -0.15) is 0 Å². The summed E-state index contributed by atoms with van der Waals surface area (Å²) < 4.78 is 6.58. The maximum absolute atomic E-state index is 6.58. The van der Waals surface area contributed by atoms with Gasteiger partial charge < -0.3 is 4.43 Å². The van der Waals surface area contributed by atoms with Crippen LogP contribution in [0.4, 0.5) is 0 Å². The van der Waals surface area contributed by atoms with Crippen molar-refractivity contribution >= 4 is 16.4 Å². The summed E-state index contributed by atoms with van der Waals surface area (Å²) in [5.41, 5.74) is 1.21. The van der Waals surface area contributed by atoms with Crippen LogP contribution in [0.1, 0.15) is 25.3 Å². The first-order valence-electron chi connectivity index (χ1n) is 7.78. The van der Waals surface area contributed by atoms with E-state index in [4.69, 9.17) is 4.43 Å². The second kappa shape index (κ2) is 6.58. The summed E-state index contributed by atoms with van der Waals surface area (Å²) in [5.74, 6) is 0. The Bertz CT molecular complexity index is 403. The lowest BCUT2D eigenvalue weighted by Gasteiger charge is -2.37. The van der Waals surface area contributed by atoms with Gasteiger partial charge in [0, 0.05) is 8.07 Å². The summed E-state index contributed by atoms with van der Waals surface area (Å²) in [6, 6.07) is 12.1. The zero-order valence-electron chi connectivity index (χ0n) is 14.4. The summed E-state index contributed by atoms with van der Waals surface area (Å²) in [7, 11) is -2.52. The molecular weight excluding hydrogens is 276 g/mol. The molecule has 3 heteroatoms. The highest BCUT2D eigenvalue weighted by Crippen LogP contribution is 2.35. The summed E-state index contributed by atoms with van der Waals surface area (Å²) >= 11 is 0. The largest absolute Gasteiger partial charge is 0.408 e. The summed E-state index contributed by atoms with van der Waals surface area (Å²) in [4.78, 5) is 0. The molecule has 0 aromatic heterocycles. The van der Waals surface area contributed by atoms with Crippen LogP contribution in [0.15, 0.2) is 30.3 Å². The fraction of sp³-hybridized carbons (Fsp3) is 0.647. The van der Waals surface area contributed by atoms with Gasteiger partial charge in [0.1, 0.15) is 0 Å². The molecule has 0 saturated heterocycles. The number of hydrogen-bond donors (Lipinski definition) is 0. The summed E-state index contributed by atoms with van der Waals surface area (Å²) in [6.45, 7) is 16.5. The molecule has 0 N–H and O–H groups in total. The van der Waals surface area contributed by atoms with Crippen LogP contribution in [-0.2, 0) is 10.0 Å². The Kier molecular flexibility index (Phi) is 5.82. The SMILES string of the molecule is CC(CCC[Si](C)(C)C)(O[Si](C)(C)C)c1ccccc1. The van der Waals surface area contributed by atoms with Crippen LogP contribution in [0.5, 0.6) is 0 Å². The lowest BCUT2D eigenvalue weighted by molar-refractivity contribution is 0.0676. The second-order valence-electron chi connectivity index (χ2n) is 8.23. The fourth-order valence-corrected chi connectivity index (χ4v) is 5.49. The molecule has 0 heterocycles. The topological polar surface area (TPSA) is 9.23 Å². The maximum Gasteiger partial charge on any atom is 0.184 e. The lowest BCUT2D eigenvalue weighted by Crippen LogP contribution is -2.39. The predicted molar refractivity (Wildman–Crippen MR) is 95.6 cm³/mol. The van der Waals surface area contributed by atoms with Crippen molar-refractivity contribution in [3.05, 3.63) is 35.9 Å². The van der Waals surface area contributed by atoms with E-state index in [0.29, 0.717) is 0 Å². The highest BCUT2D eigenvalue weighted by Gasteiger charge is 2.33. The molecule has 20 heavy (non-hydrogen) atoms. The van der Waals surface area contributed by atoms with E-state index in [0.717, 1.165) is 6.42 Å². The molecule has 0 amide bonds. The van der Waals surface area contributed by atoms with Crippen LogP contribution in [-0.4, -0.2) is 16.4 Å². The minimum atomic E-state index is -1.56. The van der Waals surface area contributed by atoms with E-state index in [9.17, 15) is 0 Å². The lowest BCUT2D eigenvalue weighted by atomic mass is 9.91. The maximum atomic E-state index is 6.58. The minimum Gasteiger partial charge on any atom is -0.408 e. The van der Waals surface area contributed by atoms with Gasteiger partial charge >= 0.3 is 0 Å². The Labute approximate surface area is 127 Å². The number of rotatable bonds is 7. The van der Waals surface area contributed by atoms with Gasteiger partial charge in [-0.3, -0.25) is 0 Å². The second-order valence-corrected chi connectivity index (χ2v) is 18.3.